The van der Waals surface area contributed by atoms with Gasteiger partial charge >= 0.3 is 11.9 Å². The van der Waals surface area contributed by atoms with Gasteiger partial charge in [-0.2, -0.15) is 0 Å². The van der Waals surface area contributed by atoms with Gasteiger partial charge in [-0.1, -0.05) is 0 Å². The van der Waals surface area contributed by atoms with Crippen molar-refractivity contribution in [3.05, 3.63) is 0 Å². The Morgan fingerprint density at radius 2 is 1.42 bits per heavy atom. The van der Waals surface area contributed by atoms with E-state index in [4.69, 9.17) is 15.9 Å². The SMILES string of the molecule is C[C@@H](O)[C@@H](C=O)NC(=O)[C@H](CO)NC(=O)[C@@H]1CCCN1C(=O)CNC(=O)[C@H](CCC(=O)O)NC(=O)CNC(=O)[C@@H]1CCCN1C(=O)[C@@H](N)CC(=O)O. The number of amides is 7. The Hall–Kier alpha value is -5.22. The second kappa shape index (κ2) is 20.6. The fourth-order valence-corrected chi connectivity index (χ4v) is 5.58. The molecule has 2 aliphatic rings. The number of hydrogen-bond acceptors (Lipinski definition) is 13. The summed E-state index contributed by atoms with van der Waals surface area (Å²) in [5.41, 5.74) is 5.65. The van der Waals surface area contributed by atoms with Crippen molar-refractivity contribution in [1.29, 1.82) is 0 Å². The lowest BCUT2D eigenvalue weighted by Crippen LogP contribution is -2.57. The summed E-state index contributed by atoms with van der Waals surface area (Å²) in [5, 5.41) is 48.6. The molecule has 2 fully saturated rings. The van der Waals surface area contributed by atoms with Gasteiger partial charge < -0.3 is 67.3 Å². The number of aliphatic carboxylic acids is 2. The van der Waals surface area contributed by atoms with Crippen molar-refractivity contribution in [1.82, 2.24) is 36.4 Å². The van der Waals surface area contributed by atoms with E-state index >= 15 is 0 Å². The van der Waals surface area contributed by atoms with E-state index in [1.165, 1.54) is 6.92 Å². The number of nitrogens with two attached hydrogens (primary N) is 1. The lowest BCUT2D eigenvalue weighted by molar-refractivity contribution is -0.144. The predicted molar refractivity (Wildman–Crippen MR) is 173 cm³/mol. The second-order valence-electron chi connectivity index (χ2n) is 12.3. The molecule has 0 aromatic heterocycles. The van der Waals surface area contributed by atoms with Crippen LogP contribution in [0.3, 0.4) is 0 Å². The molecule has 2 heterocycles. The zero-order chi connectivity index (χ0) is 39.1. The summed E-state index contributed by atoms with van der Waals surface area (Å²) in [4.78, 5) is 125. The van der Waals surface area contributed by atoms with Gasteiger partial charge in [-0.25, -0.2) is 0 Å². The Balaban J connectivity index is 1.97. The first kappa shape index (κ1) is 42.9. The average molecular weight is 743 g/mol. The van der Waals surface area contributed by atoms with E-state index in [1.54, 1.807) is 0 Å². The van der Waals surface area contributed by atoms with Crippen LogP contribution in [0.2, 0.25) is 0 Å². The van der Waals surface area contributed by atoms with E-state index < -0.39 is 135 Å². The summed E-state index contributed by atoms with van der Waals surface area (Å²) in [7, 11) is 0. The Kier molecular flexibility index (Phi) is 17.0. The Labute approximate surface area is 297 Å². The maximum Gasteiger partial charge on any atom is 0.305 e. The van der Waals surface area contributed by atoms with Gasteiger partial charge in [0.2, 0.25) is 41.4 Å². The van der Waals surface area contributed by atoms with Crippen molar-refractivity contribution in [3.63, 3.8) is 0 Å². The lowest BCUT2D eigenvalue weighted by atomic mass is 10.1. The zero-order valence-electron chi connectivity index (χ0n) is 28.4. The minimum atomic E-state index is -1.52. The van der Waals surface area contributed by atoms with Crippen LogP contribution in [0.4, 0.5) is 0 Å². The summed E-state index contributed by atoms with van der Waals surface area (Å²) >= 11 is 0. The number of likely N-dealkylation sites (tertiary alicyclic amines) is 2. The van der Waals surface area contributed by atoms with E-state index in [-0.39, 0.29) is 32.2 Å². The fraction of sp³-hybridized carbons (Fsp3) is 0.667. The average Bonchev–Trinajstić information content (AvgIpc) is 3.79. The molecule has 290 valence electrons. The van der Waals surface area contributed by atoms with E-state index in [1.807, 2.05) is 0 Å². The molecule has 22 nitrogen and oxygen atoms in total. The number of rotatable bonds is 20. The number of nitrogens with zero attached hydrogens (tertiary/aromatic N) is 2. The third-order valence-electron chi connectivity index (χ3n) is 8.35. The molecule has 52 heavy (non-hydrogen) atoms. The van der Waals surface area contributed by atoms with Crippen LogP contribution < -0.4 is 32.3 Å². The highest BCUT2D eigenvalue weighted by Gasteiger charge is 2.38. The molecule has 7 amide bonds. The molecule has 2 aliphatic heterocycles. The molecular weight excluding hydrogens is 696 g/mol. The number of nitrogens with one attached hydrogen (secondary N) is 5. The van der Waals surface area contributed by atoms with Gasteiger partial charge in [0.05, 0.1) is 38.3 Å². The molecule has 2 rings (SSSR count). The molecule has 0 unspecified atom stereocenters. The smallest absolute Gasteiger partial charge is 0.305 e. The van der Waals surface area contributed by atoms with Gasteiger partial charge in [-0.05, 0) is 39.0 Å². The third kappa shape index (κ3) is 12.8. The van der Waals surface area contributed by atoms with Crippen molar-refractivity contribution in [2.24, 2.45) is 5.73 Å². The molecule has 22 heteroatoms. The molecule has 0 spiro atoms. The first-order chi connectivity index (χ1) is 24.5. The largest absolute Gasteiger partial charge is 0.481 e. The van der Waals surface area contributed by atoms with Crippen LogP contribution in [0.25, 0.3) is 0 Å². The van der Waals surface area contributed by atoms with Gasteiger partial charge in [-0.3, -0.25) is 43.2 Å². The summed E-state index contributed by atoms with van der Waals surface area (Å²) in [6.45, 7) is -0.739. The van der Waals surface area contributed by atoms with Crippen molar-refractivity contribution in [2.45, 2.75) is 94.2 Å². The van der Waals surface area contributed by atoms with Crippen LogP contribution in [0.1, 0.15) is 51.9 Å². The van der Waals surface area contributed by atoms with E-state index in [0.29, 0.717) is 12.8 Å². The van der Waals surface area contributed by atoms with Gasteiger partial charge in [0.1, 0.15) is 36.5 Å². The molecule has 0 aromatic carbocycles. The minimum absolute atomic E-state index is 0.0897. The molecular formula is C30H46N8O14. The first-order valence-corrected chi connectivity index (χ1v) is 16.5. The van der Waals surface area contributed by atoms with Crippen LogP contribution in [0.5, 0.6) is 0 Å². The van der Waals surface area contributed by atoms with Crippen LogP contribution in [0.15, 0.2) is 0 Å². The minimum Gasteiger partial charge on any atom is -0.481 e. The van der Waals surface area contributed by atoms with Gasteiger partial charge in [0, 0.05) is 19.5 Å². The normalized spacial score (nSPS) is 19.6. The topological polar surface area (TPSA) is 344 Å². The number of carboxylic acids is 2. The molecule has 11 N–H and O–H groups in total. The lowest BCUT2D eigenvalue weighted by Gasteiger charge is -2.27. The molecule has 0 aromatic rings. The monoisotopic (exact) mass is 742 g/mol. The Morgan fingerprint density at radius 1 is 0.808 bits per heavy atom. The van der Waals surface area contributed by atoms with E-state index in [2.05, 4.69) is 26.6 Å². The van der Waals surface area contributed by atoms with Crippen molar-refractivity contribution >= 4 is 59.6 Å². The van der Waals surface area contributed by atoms with Crippen LogP contribution in [0, 0.1) is 0 Å². The number of carboxylic acid groups (broad SMARTS) is 2. The molecule has 2 saturated heterocycles. The predicted octanol–water partition coefficient (Wildman–Crippen LogP) is -6.11. The van der Waals surface area contributed by atoms with E-state index in [9.17, 15) is 58.2 Å². The molecule has 0 radical (unpaired) electrons. The van der Waals surface area contributed by atoms with Crippen LogP contribution in [-0.2, 0) is 47.9 Å². The fourth-order valence-electron chi connectivity index (χ4n) is 5.58. The Morgan fingerprint density at radius 3 is 1.98 bits per heavy atom. The number of hydrogen-bond donors (Lipinski definition) is 10. The molecule has 0 bridgehead atoms. The second-order valence-corrected chi connectivity index (χ2v) is 12.3. The summed E-state index contributed by atoms with van der Waals surface area (Å²) in [5.74, 6) is -8.44. The van der Waals surface area contributed by atoms with Crippen molar-refractivity contribution in [2.75, 3.05) is 32.8 Å². The maximum absolute atomic E-state index is 13.0. The van der Waals surface area contributed by atoms with Gasteiger partial charge in [0.15, 0.2) is 0 Å². The quantitative estimate of drug-likeness (QED) is 0.0519. The summed E-state index contributed by atoms with van der Waals surface area (Å²) in [6.07, 6.45) is -1.41. The highest BCUT2D eigenvalue weighted by molar-refractivity contribution is 5.96. The zero-order valence-corrected chi connectivity index (χ0v) is 28.4. The van der Waals surface area contributed by atoms with Gasteiger partial charge in [-0.15, -0.1) is 0 Å². The first-order valence-electron chi connectivity index (χ1n) is 16.5. The van der Waals surface area contributed by atoms with Crippen LogP contribution >= 0.6 is 0 Å². The molecule has 0 saturated carbocycles. The standard InChI is InChI=1S/C30H46N8O14/c1-15(41)18(13-39)35-27(49)19(14-40)36-29(51)21-5-2-8-37(21)23(43)12-33-26(48)17(6-7-24(44)45)34-22(42)11-32-28(50)20-4-3-9-38(20)30(52)16(31)10-25(46)47/h13,15-21,40-41H,2-12,14,31H2,1H3,(H,32,50)(H,33,48)(H,34,42)(H,35,49)(H,36,51)(H,44,45)(H,46,47)/t15-,16+,17+,18-,19+,20+,21+/m1/s1. The van der Waals surface area contributed by atoms with Crippen LogP contribution in [-0.4, -0.2) is 165 Å². The molecule has 0 aliphatic carbocycles. The van der Waals surface area contributed by atoms with Crippen molar-refractivity contribution in [3.8, 4) is 0 Å². The summed E-state index contributed by atoms with van der Waals surface area (Å²) < 4.78 is 0. The Bertz CT molecular complexity index is 1380. The molecule has 7 atom stereocenters. The number of aliphatic hydroxyl groups is 2. The summed E-state index contributed by atoms with van der Waals surface area (Å²) in [6, 6.07) is -7.78. The third-order valence-corrected chi connectivity index (χ3v) is 8.35. The number of aliphatic hydroxyl groups excluding tert-OH is 2. The number of carbonyl (C=O) groups is 10. The highest BCUT2D eigenvalue weighted by atomic mass is 16.4. The number of aldehydes is 1. The van der Waals surface area contributed by atoms with E-state index in [0.717, 1.165) is 9.80 Å². The highest BCUT2D eigenvalue weighted by Crippen LogP contribution is 2.19. The van der Waals surface area contributed by atoms with Gasteiger partial charge in [0.25, 0.3) is 0 Å². The number of carbonyl (C=O) groups excluding carboxylic acids is 8. The maximum atomic E-state index is 13.0. The van der Waals surface area contributed by atoms with Crippen molar-refractivity contribution < 1.29 is 68.4 Å².